The van der Waals surface area contributed by atoms with Gasteiger partial charge >= 0.3 is 0 Å². The summed E-state index contributed by atoms with van der Waals surface area (Å²) in [5.74, 6) is 1.13. The molecule has 2 aliphatic heterocycles. The molecular formula is C25H18N6S. The van der Waals surface area contributed by atoms with Crippen LogP contribution in [0.3, 0.4) is 0 Å². The van der Waals surface area contributed by atoms with Crippen molar-refractivity contribution in [3.8, 4) is 22.6 Å². The first-order chi connectivity index (χ1) is 15.7. The lowest BCUT2D eigenvalue weighted by Gasteiger charge is -2.05. The third-order valence-electron chi connectivity index (χ3n) is 6.01. The maximum absolute atomic E-state index is 4.94. The van der Waals surface area contributed by atoms with E-state index in [1.54, 1.807) is 12.4 Å². The highest BCUT2D eigenvalue weighted by Crippen LogP contribution is 2.45. The van der Waals surface area contributed by atoms with E-state index in [1.165, 1.54) is 26.6 Å². The van der Waals surface area contributed by atoms with Gasteiger partial charge in [-0.25, -0.2) is 4.98 Å². The number of pyridine rings is 2. The molecule has 7 heterocycles. The van der Waals surface area contributed by atoms with Crippen LogP contribution in [0.4, 0.5) is 5.82 Å². The molecule has 0 amide bonds. The van der Waals surface area contributed by atoms with Crippen molar-refractivity contribution in [1.82, 2.24) is 25.1 Å². The minimum absolute atomic E-state index is 0.832. The lowest BCUT2D eigenvalue weighted by molar-refractivity contribution is 1.11. The summed E-state index contributed by atoms with van der Waals surface area (Å²) in [6.45, 7) is 3.11. The summed E-state index contributed by atoms with van der Waals surface area (Å²) >= 11 is 1.82. The largest absolute Gasteiger partial charge is 0.339 e. The summed E-state index contributed by atoms with van der Waals surface area (Å²) in [5.41, 5.74) is 9.28. The third-order valence-corrected chi connectivity index (χ3v) is 7.04. The zero-order valence-corrected chi connectivity index (χ0v) is 18.1. The van der Waals surface area contributed by atoms with E-state index in [-0.39, 0.29) is 0 Å². The molecule has 0 spiro atoms. The summed E-state index contributed by atoms with van der Waals surface area (Å²) in [7, 11) is 0. The van der Waals surface area contributed by atoms with Gasteiger partial charge in [0, 0.05) is 44.5 Å². The summed E-state index contributed by atoms with van der Waals surface area (Å²) in [4.78, 5) is 17.6. The number of aryl methyl sites for hydroxylation is 1. The standard InChI is InChI=1S/C25H18N6S/c1-14-2-7-22(32-14)17-4-3-16-13-31(16)25-18(17)12-21(28-25)24-23-20(29-30-24)6-5-19(27-23)15-8-10-26-11-9-15/h2-12,28H,13H2,1H3,(H,29,30). The van der Waals surface area contributed by atoms with E-state index >= 15 is 0 Å². The number of nitrogens with one attached hydrogen (secondary N) is 2. The van der Waals surface area contributed by atoms with Gasteiger partial charge in [0.2, 0.25) is 0 Å². The zero-order valence-electron chi connectivity index (χ0n) is 17.3. The number of anilines is 1. The Morgan fingerprint density at radius 2 is 1.94 bits per heavy atom. The molecule has 0 radical (unpaired) electrons. The maximum Gasteiger partial charge on any atom is 0.135 e. The molecule has 5 aromatic heterocycles. The Kier molecular flexibility index (Phi) is 3.60. The topological polar surface area (TPSA) is 73.3 Å². The number of fused-ring (bicyclic) bond motifs is 4. The van der Waals surface area contributed by atoms with Gasteiger partial charge in [0.25, 0.3) is 0 Å². The molecule has 0 aliphatic carbocycles. The van der Waals surface area contributed by atoms with Crippen LogP contribution >= 0.6 is 11.3 Å². The van der Waals surface area contributed by atoms with Gasteiger partial charge in [0.15, 0.2) is 0 Å². The van der Waals surface area contributed by atoms with Crippen molar-refractivity contribution in [1.29, 1.82) is 0 Å². The number of aromatic amines is 2. The van der Waals surface area contributed by atoms with Crippen LogP contribution in [-0.4, -0.2) is 31.7 Å². The van der Waals surface area contributed by atoms with Crippen LogP contribution in [-0.2, 0) is 0 Å². The van der Waals surface area contributed by atoms with Crippen LogP contribution in [0.15, 0.2) is 72.7 Å². The number of aromatic nitrogens is 5. The lowest BCUT2D eigenvalue weighted by Crippen LogP contribution is -1.94. The van der Waals surface area contributed by atoms with E-state index in [0.29, 0.717) is 0 Å². The van der Waals surface area contributed by atoms with Crippen LogP contribution in [0.25, 0.3) is 39.3 Å². The first-order valence-electron chi connectivity index (χ1n) is 10.5. The van der Waals surface area contributed by atoms with Crippen molar-refractivity contribution in [2.75, 3.05) is 11.4 Å². The normalized spacial score (nSPS) is 14.6. The molecule has 7 heteroatoms. The minimum atomic E-state index is 0.832. The van der Waals surface area contributed by atoms with Crippen LogP contribution in [0, 0.1) is 6.92 Å². The van der Waals surface area contributed by atoms with E-state index in [4.69, 9.17) is 4.98 Å². The number of rotatable bonds is 3. The van der Waals surface area contributed by atoms with Crippen LogP contribution in [0.5, 0.6) is 0 Å². The highest BCUT2D eigenvalue weighted by Gasteiger charge is 2.34. The Morgan fingerprint density at radius 3 is 2.78 bits per heavy atom. The molecule has 2 N–H and O–H groups in total. The fourth-order valence-corrected chi connectivity index (χ4v) is 5.22. The molecule has 154 valence electrons. The monoisotopic (exact) mass is 434 g/mol. The summed E-state index contributed by atoms with van der Waals surface area (Å²) in [5, 5.41) is 7.77. The Hall–Kier alpha value is -3.97. The van der Waals surface area contributed by atoms with E-state index in [1.807, 2.05) is 35.6 Å². The highest BCUT2D eigenvalue weighted by molar-refractivity contribution is 7.13. The van der Waals surface area contributed by atoms with Crippen molar-refractivity contribution in [3.05, 3.63) is 88.0 Å². The fraction of sp³-hybridized carbons (Fsp3) is 0.0800. The Morgan fingerprint density at radius 1 is 1.03 bits per heavy atom. The van der Waals surface area contributed by atoms with E-state index < -0.39 is 0 Å². The maximum atomic E-state index is 4.94. The number of thiophene rings is 1. The molecule has 0 atom stereocenters. The quantitative estimate of drug-likeness (QED) is 0.366. The fourth-order valence-electron chi connectivity index (χ4n) is 4.32. The second-order valence-corrected chi connectivity index (χ2v) is 9.37. The SMILES string of the molecule is Cc1ccc(C2=CC=C3CN3c3[nH]c(-c4n[nH]c5ccc(-c6ccncc6)nc45)cc32)s1. The number of allylic oxidation sites excluding steroid dienone is 2. The highest BCUT2D eigenvalue weighted by atomic mass is 32.1. The molecule has 0 aromatic carbocycles. The first-order valence-corrected chi connectivity index (χ1v) is 11.3. The average Bonchev–Trinajstić information content (AvgIpc) is 3.12. The van der Waals surface area contributed by atoms with Gasteiger partial charge in [-0.05, 0) is 55.5 Å². The molecule has 0 unspecified atom stereocenters. The minimum Gasteiger partial charge on any atom is -0.339 e. The van der Waals surface area contributed by atoms with Crippen molar-refractivity contribution < 1.29 is 0 Å². The summed E-state index contributed by atoms with van der Waals surface area (Å²) in [6.07, 6.45) is 8.04. The Bertz CT molecular complexity index is 1570. The molecule has 1 saturated heterocycles. The van der Waals surface area contributed by atoms with Crippen LogP contribution in [0.2, 0.25) is 0 Å². The van der Waals surface area contributed by atoms with Crippen LogP contribution < -0.4 is 4.90 Å². The zero-order chi connectivity index (χ0) is 21.2. The second kappa shape index (κ2) is 6.51. The van der Waals surface area contributed by atoms with Gasteiger partial charge in [-0.1, -0.05) is 6.08 Å². The lowest BCUT2D eigenvalue weighted by atomic mass is 10.1. The van der Waals surface area contributed by atoms with Gasteiger partial charge in [0.1, 0.15) is 17.0 Å². The van der Waals surface area contributed by atoms with E-state index in [9.17, 15) is 0 Å². The molecule has 0 saturated carbocycles. The molecule has 0 bridgehead atoms. The van der Waals surface area contributed by atoms with Gasteiger partial charge in [-0.2, -0.15) is 5.10 Å². The molecule has 7 rings (SSSR count). The Labute approximate surface area is 188 Å². The predicted molar refractivity (Wildman–Crippen MR) is 128 cm³/mol. The molecule has 2 aliphatic rings. The van der Waals surface area contributed by atoms with Crippen molar-refractivity contribution >= 4 is 33.8 Å². The Balaban J connectivity index is 1.38. The average molecular weight is 435 g/mol. The number of nitrogens with zero attached hydrogens (tertiary/aromatic N) is 4. The third kappa shape index (κ3) is 2.68. The van der Waals surface area contributed by atoms with E-state index in [2.05, 4.69) is 62.3 Å². The predicted octanol–water partition coefficient (Wildman–Crippen LogP) is 5.53. The molecule has 32 heavy (non-hydrogen) atoms. The first kappa shape index (κ1) is 17.7. The number of H-pyrrole nitrogens is 2. The summed E-state index contributed by atoms with van der Waals surface area (Å²) < 4.78 is 0. The van der Waals surface area contributed by atoms with Crippen molar-refractivity contribution in [2.45, 2.75) is 6.92 Å². The molecular weight excluding hydrogens is 416 g/mol. The van der Waals surface area contributed by atoms with Crippen LogP contribution in [0.1, 0.15) is 15.3 Å². The number of hydrogen-bond acceptors (Lipinski definition) is 5. The second-order valence-electron chi connectivity index (χ2n) is 8.08. The van der Waals surface area contributed by atoms with Gasteiger partial charge in [0.05, 0.1) is 23.4 Å². The molecule has 1 fully saturated rings. The van der Waals surface area contributed by atoms with Gasteiger partial charge in [-0.15, -0.1) is 11.3 Å². The number of hydrogen-bond donors (Lipinski definition) is 2. The van der Waals surface area contributed by atoms with Gasteiger partial charge < -0.3 is 9.88 Å². The summed E-state index contributed by atoms with van der Waals surface area (Å²) in [6, 6.07) is 14.6. The molecule has 6 nitrogen and oxygen atoms in total. The smallest absolute Gasteiger partial charge is 0.135 e. The van der Waals surface area contributed by atoms with Crippen molar-refractivity contribution in [2.24, 2.45) is 0 Å². The van der Waals surface area contributed by atoms with Gasteiger partial charge in [-0.3, -0.25) is 10.1 Å². The van der Waals surface area contributed by atoms with Crippen molar-refractivity contribution in [3.63, 3.8) is 0 Å². The van der Waals surface area contributed by atoms with E-state index in [0.717, 1.165) is 46.0 Å². The molecule has 5 aromatic rings.